The van der Waals surface area contributed by atoms with Crippen molar-refractivity contribution in [2.45, 2.75) is 13.8 Å². The van der Waals surface area contributed by atoms with E-state index in [4.69, 9.17) is 0 Å². The van der Waals surface area contributed by atoms with Crippen molar-refractivity contribution >= 4 is 44.2 Å². The lowest BCUT2D eigenvalue weighted by atomic mass is 10.1. The second-order valence-corrected chi connectivity index (χ2v) is 7.88. The molecule has 2 amide bonds. The molecule has 0 aliphatic carbocycles. The number of carbonyl (C=O) groups excluding carboxylic acids is 2. The molecule has 0 bridgehead atoms. The molecule has 0 spiro atoms. The van der Waals surface area contributed by atoms with Crippen LogP contribution >= 0.6 is 11.3 Å². The maximum atomic E-state index is 12.4. The summed E-state index contributed by atoms with van der Waals surface area (Å²) in [5, 5.41) is 6.26. The molecule has 0 radical (unpaired) electrons. The van der Waals surface area contributed by atoms with Crippen molar-refractivity contribution in [3.63, 3.8) is 0 Å². The Morgan fingerprint density at radius 3 is 2.31 bits per heavy atom. The molecule has 4 aromatic rings. The van der Waals surface area contributed by atoms with Crippen LogP contribution in [0.4, 0.5) is 10.8 Å². The first-order chi connectivity index (χ1) is 14.0. The Morgan fingerprint density at radius 2 is 1.55 bits per heavy atom. The highest BCUT2D eigenvalue weighted by Gasteiger charge is 2.11. The highest BCUT2D eigenvalue weighted by Crippen LogP contribution is 2.28. The molecule has 2 N–H and O–H groups in total. The van der Waals surface area contributed by atoms with E-state index in [9.17, 15) is 9.59 Å². The van der Waals surface area contributed by atoms with Gasteiger partial charge in [-0.05, 0) is 56.3 Å². The van der Waals surface area contributed by atoms with Crippen LogP contribution < -0.4 is 10.6 Å². The SMILES string of the molecule is Cc1ccc(C(=O)Nc2nc3cc(NC(=O)c4cccc(C)c4)ccc3s2)cc1. The fraction of sp³-hybridized carbons (Fsp3) is 0.0870. The van der Waals surface area contributed by atoms with E-state index in [0.717, 1.165) is 21.3 Å². The van der Waals surface area contributed by atoms with Crippen LogP contribution in [0.15, 0.2) is 66.7 Å². The topological polar surface area (TPSA) is 71.1 Å². The van der Waals surface area contributed by atoms with Crippen LogP contribution in [0.3, 0.4) is 0 Å². The van der Waals surface area contributed by atoms with E-state index in [1.165, 1.54) is 11.3 Å². The minimum atomic E-state index is -0.197. The fourth-order valence-electron chi connectivity index (χ4n) is 2.92. The smallest absolute Gasteiger partial charge is 0.257 e. The molecule has 0 unspecified atom stereocenters. The molecule has 0 aliphatic rings. The van der Waals surface area contributed by atoms with Gasteiger partial charge in [0.1, 0.15) is 0 Å². The number of nitrogens with zero attached hydrogens (tertiary/aromatic N) is 1. The maximum Gasteiger partial charge on any atom is 0.257 e. The van der Waals surface area contributed by atoms with Gasteiger partial charge in [-0.25, -0.2) is 4.98 Å². The van der Waals surface area contributed by atoms with Gasteiger partial charge in [0.25, 0.3) is 11.8 Å². The van der Waals surface area contributed by atoms with Crippen molar-refractivity contribution in [1.29, 1.82) is 0 Å². The van der Waals surface area contributed by atoms with Gasteiger partial charge in [-0.1, -0.05) is 46.7 Å². The van der Waals surface area contributed by atoms with E-state index in [2.05, 4.69) is 15.6 Å². The third-order valence-corrected chi connectivity index (χ3v) is 5.41. The number of rotatable bonds is 4. The molecule has 5 nitrogen and oxygen atoms in total. The lowest BCUT2D eigenvalue weighted by Gasteiger charge is -2.05. The number of anilines is 2. The monoisotopic (exact) mass is 401 g/mol. The molecule has 0 aliphatic heterocycles. The van der Waals surface area contributed by atoms with E-state index in [1.54, 1.807) is 24.3 Å². The van der Waals surface area contributed by atoms with Crippen molar-refractivity contribution in [3.05, 3.63) is 89.0 Å². The second kappa shape index (κ2) is 7.85. The van der Waals surface area contributed by atoms with Crippen molar-refractivity contribution < 1.29 is 9.59 Å². The summed E-state index contributed by atoms with van der Waals surface area (Å²) in [5.41, 5.74) is 4.70. The van der Waals surface area contributed by atoms with Crippen LogP contribution in [0.2, 0.25) is 0 Å². The Bertz CT molecular complexity index is 1210. The lowest BCUT2D eigenvalue weighted by Crippen LogP contribution is -2.12. The molecule has 0 saturated carbocycles. The number of carbonyl (C=O) groups is 2. The van der Waals surface area contributed by atoms with Gasteiger partial charge >= 0.3 is 0 Å². The summed E-state index contributed by atoms with van der Waals surface area (Å²) in [7, 11) is 0. The molecule has 0 saturated heterocycles. The van der Waals surface area contributed by atoms with Crippen LogP contribution in [0.1, 0.15) is 31.8 Å². The second-order valence-electron chi connectivity index (χ2n) is 6.85. The van der Waals surface area contributed by atoms with Crippen molar-refractivity contribution in [2.24, 2.45) is 0 Å². The van der Waals surface area contributed by atoms with E-state index < -0.39 is 0 Å². The number of benzene rings is 3. The number of thiazole rings is 1. The minimum Gasteiger partial charge on any atom is -0.322 e. The standard InChI is InChI=1S/C23H19N3O2S/c1-14-6-8-16(9-7-14)21(27)26-23-25-19-13-18(10-11-20(19)29-23)24-22(28)17-5-3-4-15(2)12-17/h3-13H,1-2H3,(H,24,28)(H,25,26,27). The number of aryl methyl sites for hydroxylation is 2. The summed E-state index contributed by atoms with van der Waals surface area (Å²) in [4.78, 5) is 29.3. The van der Waals surface area contributed by atoms with Crippen molar-refractivity contribution in [2.75, 3.05) is 10.6 Å². The van der Waals surface area contributed by atoms with Gasteiger partial charge in [0, 0.05) is 16.8 Å². The number of hydrogen-bond acceptors (Lipinski definition) is 4. The number of amides is 2. The Balaban J connectivity index is 1.51. The van der Waals surface area contributed by atoms with E-state index in [0.29, 0.717) is 21.9 Å². The molecule has 144 valence electrons. The normalized spacial score (nSPS) is 10.7. The Morgan fingerprint density at radius 1 is 0.793 bits per heavy atom. The summed E-state index contributed by atoms with van der Waals surface area (Å²) in [5.74, 6) is -0.367. The Kier molecular flexibility index (Phi) is 5.10. The predicted molar refractivity (Wildman–Crippen MR) is 118 cm³/mol. The molecular formula is C23H19N3O2S. The highest BCUT2D eigenvalue weighted by atomic mass is 32.1. The van der Waals surface area contributed by atoms with Gasteiger partial charge in [-0.3, -0.25) is 14.9 Å². The number of aromatic nitrogens is 1. The fourth-order valence-corrected chi connectivity index (χ4v) is 3.76. The Hall–Kier alpha value is -3.51. The van der Waals surface area contributed by atoms with Gasteiger partial charge in [0.05, 0.1) is 10.2 Å². The zero-order chi connectivity index (χ0) is 20.4. The summed E-state index contributed by atoms with van der Waals surface area (Å²) in [6, 6.07) is 20.3. The Labute approximate surface area is 172 Å². The summed E-state index contributed by atoms with van der Waals surface area (Å²) >= 11 is 1.39. The average molecular weight is 401 g/mol. The van der Waals surface area contributed by atoms with Crippen LogP contribution in [-0.4, -0.2) is 16.8 Å². The van der Waals surface area contributed by atoms with Crippen LogP contribution in [0, 0.1) is 13.8 Å². The molecule has 1 aromatic heterocycles. The van der Waals surface area contributed by atoms with Gasteiger partial charge < -0.3 is 5.32 Å². The third-order valence-electron chi connectivity index (χ3n) is 4.46. The zero-order valence-electron chi connectivity index (χ0n) is 16.0. The molecule has 1 heterocycles. The quantitative estimate of drug-likeness (QED) is 0.480. The highest BCUT2D eigenvalue weighted by molar-refractivity contribution is 7.22. The minimum absolute atomic E-state index is 0.170. The molecule has 29 heavy (non-hydrogen) atoms. The number of hydrogen-bond donors (Lipinski definition) is 2. The summed E-state index contributed by atoms with van der Waals surface area (Å²) < 4.78 is 0.928. The molecule has 0 atom stereocenters. The van der Waals surface area contributed by atoms with Gasteiger partial charge in [-0.15, -0.1) is 0 Å². The molecular weight excluding hydrogens is 382 g/mol. The molecule has 3 aromatic carbocycles. The summed E-state index contributed by atoms with van der Waals surface area (Å²) in [6.45, 7) is 3.93. The first-order valence-corrected chi connectivity index (χ1v) is 9.96. The lowest BCUT2D eigenvalue weighted by molar-refractivity contribution is 0.101. The third kappa shape index (κ3) is 4.33. The molecule has 0 fully saturated rings. The van der Waals surface area contributed by atoms with Gasteiger partial charge in [0.15, 0.2) is 5.13 Å². The number of nitrogens with one attached hydrogen (secondary N) is 2. The predicted octanol–water partition coefficient (Wildman–Crippen LogP) is 5.42. The van der Waals surface area contributed by atoms with E-state index in [-0.39, 0.29) is 11.8 Å². The van der Waals surface area contributed by atoms with Crippen molar-refractivity contribution in [3.8, 4) is 0 Å². The van der Waals surface area contributed by atoms with Crippen molar-refractivity contribution in [1.82, 2.24) is 4.98 Å². The van der Waals surface area contributed by atoms with Crippen LogP contribution in [0.5, 0.6) is 0 Å². The molecule has 4 rings (SSSR count). The number of fused-ring (bicyclic) bond motifs is 1. The van der Waals surface area contributed by atoms with Gasteiger partial charge in [0.2, 0.25) is 0 Å². The largest absolute Gasteiger partial charge is 0.322 e. The first kappa shape index (κ1) is 18.8. The van der Waals surface area contributed by atoms with E-state index >= 15 is 0 Å². The average Bonchev–Trinajstić information content (AvgIpc) is 3.10. The summed E-state index contributed by atoms with van der Waals surface area (Å²) in [6.07, 6.45) is 0. The maximum absolute atomic E-state index is 12.4. The van der Waals surface area contributed by atoms with Gasteiger partial charge in [-0.2, -0.15) is 0 Å². The first-order valence-electron chi connectivity index (χ1n) is 9.14. The van der Waals surface area contributed by atoms with Crippen LogP contribution in [0.25, 0.3) is 10.2 Å². The van der Waals surface area contributed by atoms with E-state index in [1.807, 2.05) is 56.3 Å². The van der Waals surface area contributed by atoms with Crippen LogP contribution in [-0.2, 0) is 0 Å². The zero-order valence-corrected chi connectivity index (χ0v) is 16.8. The molecule has 6 heteroatoms.